The lowest BCUT2D eigenvalue weighted by atomic mass is 9.70. The van der Waals surface area contributed by atoms with Crippen molar-refractivity contribution in [2.45, 2.75) is 34.7 Å². The van der Waals surface area contributed by atoms with E-state index >= 15 is 4.39 Å². The Balaban J connectivity index is 1.74. The number of benzene rings is 2. The van der Waals surface area contributed by atoms with Crippen LogP contribution in [-0.4, -0.2) is 34.0 Å². The third-order valence-corrected chi connectivity index (χ3v) is 9.27. The molecule has 0 unspecified atom stereocenters. The van der Waals surface area contributed by atoms with Crippen LogP contribution in [0.5, 0.6) is 5.75 Å². The van der Waals surface area contributed by atoms with E-state index < -0.39 is 37.9 Å². The highest BCUT2D eigenvalue weighted by Crippen LogP contribution is 2.59. The number of halogens is 3. The molecule has 160 valence electrons. The van der Waals surface area contributed by atoms with E-state index in [-0.39, 0.29) is 42.1 Å². The van der Waals surface area contributed by atoms with E-state index in [1.807, 2.05) is 0 Å². The van der Waals surface area contributed by atoms with Gasteiger partial charge in [0, 0.05) is 23.8 Å². The smallest absolute Gasteiger partial charge is 0.188 e. The average molecular weight is 457 g/mol. The molecule has 5 nitrogen and oxygen atoms in total. The molecule has 0 amide bonds. The molecule has 2 aliphatic heterocycles. The Bertz CT molecular complexity index is 1100. The van der Waals surface area contributed by atoms with Crippen LogP contribution in [0.1, 0.15) is 24.8 Å². The highest BCUT2D eigenvalue weighted by atomic mass is 35.5. The summed E-state index contributed by atoms with van der Waals surface area (Å²) in [4.78, 5) is -0.00220. The Hall–Kier alpha value is -1.74. The van der Waals surface area contributed by atoms with Crippen molar-refractivity contribution < 1.29 is 31.4 Å². The SMILES string of the molecule is O=S(=O)(c1ccc(Cl)cc1)[C@@]12CCC3(C[C@H]1COc1c(F)ccc(F)c12)OCCO3. The zero-order chi connectivity index (χ0) is 21.1. The summed E-state index contributed by atoms with van der Waals surface area (Å²) < 4.78 is 73.2. The Morgan fingerprint density at radius 1 is 0.967 bits per heavy atom. The predicted molar refractivity (Wildman–Crippen MR) is 104 cm³/mol. The first kappa shape index (κ1) is 20.2. The van der Waals surface area contributed by atoms with Crippen LogP contribution in [0.25, 0.3) is 0 Å². The molecule has 2 aromatic rings. The number of ether oxygens (including phenoxy) is 3. The van der Waals surface area contributed by atoms with Crippen molar-refractivity contribution in [3.8, 4) is 5.75 Å². The van der Waals surface area contributed by atoms with E-state index in [0.29, 0.717) is 18.2 Å². The summed E-state index contributed by atoms with van der Waals surface area (Å²) in [5.41, 5.74) is -0.249. The lowest BCUT2D eigenvalue weighted by molar-refractivity contribution is -0.197. The van der Waals surface area contributed by atoms with Crippen LogP contribution < -0.4 is 4.74 Å². The van der Waals surface area contributed by atoms with Crippen molar-refractivity contribution in [3.05, 3.63) is 58.6 Å². The normalized spacial score (nSPS) is 27.4. The minimum Gasteiger partial charge on any atom is -0.490 e. The van der Waals surface area contributed by atoms with Gasteiger partial charge in [-0.2, -0.15) is 0 Å². The first-order chi connectivity index (χ1) is 14.3. The van der Waals surface area contributed by atoms with Crippen LogP contribution in [0.4, 0.5) is 8.78 Å². The second kappa shape index (κ2) is 6.88. The predicted octanol–water partition coefficient (Wildman–Crippen LogP) is 4.22. The van der Waals surface area contributed by atoms with Gasteiger partial charge in [0.15, 0.2) is 27.2 Å². The molecule has 9 heteroatoms. The fourth-order valence-corrected chi connectivity index (χ4v) is 7.53. The molecule has 0 aromatic heterocycles. The highest BCUT2D eigenvalue weighted by molar-refractivity contribution is 7.92. The fraction of sp³-hybridized carbons (Fsp3) is 0.429. The van der Waals surface area contributed by atoms with Crippen LogP contribution in [0, 0.1) is 17.6 Å². The van der Waals surface area contributed by atoms with Crippen LogP contribution in [0.3, 0.4) is 0 Å². The van der Waals surface area contributed by atoms with Crippen LogP contribution in [0.15, 0.2) is 41.3 Å². The summed E-state index contributed by atoms with van der Waals surface area (Å²) in [6, 6.07) is 7.62. The Labute approximate surface area is 177 Å². The lowest BCUT2D eigenvalue weighted by Crippen LogP contribution is -2.56. The van der Waals surface area contributed by atoms with Gasteiger partial charge in [-0.1, -0.05) is 11.6 Å². The molecule has 2 heterocycles. The summed E-state index contributed by atoms with van der Waals surface area (Å²) in [7, 11) is -4.16. The summed E-state index contributed by atoms with van der Waals surface area (Å²) in [5, 5.41) is 0.378. The van der Waals surface area contributed by atoms with E-state index in [1.165, 1.54) is 24.3 Å². The van der Waals surface area contributed by atoms with E-state index in [4.69, 9.17) is 25.8 Å². The van der Waals surface area contributed by atoms with Gasteiger partial charge in [-0.15, -0.1) is 0 Å². The monoisotopic (exact) mass is 456 g/mol. The third kappa shape index (κ3) is 2.74. The van der Waals surface area contributed by atoms with Crippen molar-refractivity contribution in [1.82, 2.24) is 0 Å². The third-order valence-electron chi connectivity index (χ3n) is 6.42. The number of hydrogen-bond donors (Lipinski definition) is 0. The molecular weight excluding hydrogens is 438 g/mol. The molecule has 5 rings (SSSR count). The maximum atomic E-state index is 15.2. The number of hydrogen-bond acceptors (Lipinski definition) is 5. The molecule has 1 spiro atoms. The second-order valence-corrected chi connectivity index (χ2v) is 10.5. The summed E-state index contributed by atoms with van der Waals surface area (Å²) in [6.45, 7) is 0.725. The Morgan fingerprint density at radius 3 is 2.33 bits per heavy atom. The van der Waals surface area contributed by atoms with Crippen LogP contribution >= 0.6 is 11.6 Å². The van der Waals surface area contributed by atoms with Crippen LogP contribution in [0.2, 0.25) is 5.02 Å². The van der Waals surface area contributed by atoms with Gasteiger partial charge in [0.25, 0.3) is 0 Å². The zero-order valence-electron chi connectivity index (χ0n) is 15.9. The fourth-order valence-electron chi connectivity index (χ4n) is 5.07. The molecule has 3 aliphatic rings. The largest absolute Gasteiger partial charge is 0.490 e. The minimum atomic E-state index is -4.16. The molecule has 2 fully saturated rings. The molecule has 0 radical (unpaired) electrons. The van der Waals surface area contributed by atoms with Gasteiger partial charge in [-0.05, 0) is 42.8 Å². The van der Waals surface area contributed by atoms with E-state index in [9.17, 15) is 12.8 Å². The van der Waals surface area contributed by atoms with Gasteiger partial charge < -0.3 is 14.2 Å². The van der Waals surface area contributed by atoms with Crippen LogP contribution in [-0.2, 0) is 24.1 Å². The van der Waals surface area contributed by atoms with Crippen molar-refractivity contribution in [2.24, 2.45) is 5.92 Å². The van der Waals surface area contributed by atoms with Gasteiger partial charge >= 0.3 is 0 Å². The van der Waals surface area contributed by atoms with Crippen molar-refractivity contribution >= 4 is 21.4 Å². The number of sulfone groups is 1. The summed E-state index contributed by atoms with van der Waals surface area (Å²) in [5.74, 6) is -3.54. The molecule has 2 atom stereocenters. The van der Waals surface area contributed by atoms with Crippen molar-refractivity contribution in [2.75, 3.05) is 19.8 Å². The maximum Gasteiger partial charge on any atom is 0.188 e. The molecule has 0 N–H and O–H groups in total. The number of rotatable bonds is 2. The van der Waals surface area contributed by atoms with Gasteiger partial charge in [0.05, 0.1) is 30.3 Å². The van der Waals surface area contributed by atoms with Crippen molar-refractivity contribution in [1.29, 1.82) is 0 Å². The first-order valence-corrected chi connectivity index (χ1v) is 11.5. The van der Waals surface area contributed by atoms with Gasteiger partial charge in [0.2, 0.25) is 0 Å². The standard InChI is InChI=1S/C21H19ClF2O5S/c22-14-1-3-15(4-2-14)30(25,26)21-8-7-20(28-9-10-29-20)11-13(21)12-27-19-17(24)6-5-16(23)18(19)21/h1-6,13H,7-12H2/t13-,21-/m0/s1. The Kier molecular flexibility index (Phi) is 4.63. The zero-order valence-corrected chi connectivity index (χ0v) is 17.4. The summed E-state index contributed by atoms with van der Waals surface area (Å²) in [6.07, 6.45) is 0.459. The van der Waals surface area contributed by atoms with Gasteiger partial charge in [-0.3, -0.25) is 0 Å². The topological polar surface area (TPSA) is 61.8 Å². The molecule has 30 heavy (non-hydrogen) atoms. The van der Waals surface area contributed by atoms with Gasteiger partial charge in [0.1, 0.15) is 10.6 Å². The maximum absolute atomic E-state index is 15.2. The number of fused-ring (bicyclic) bond motifs is 3. The van der Waals surface area contributed by atoms with E-state index in [2.05, 4.69) is 0 Å². The molecule has 1 saturated carbocycles. The second-order valence-electron chi connectivity index (χ2n) is 7.90. The van der Waals surface area contributed by atoms with Gasteiger partial charge in [-0.25, -0.2) is 17.2 Å². The highest BCUT2D eigenvalue weighted by Gasteiger charge is 2.63. The summed E-state index contributed by atoms with van der Waals surface area (Å²) >= 11 is 5.93. The molecule has 1 aliphatic carbocycles. The first-order valence-electron chi connectivity index (χ1n) is 9.68. The minimum absolute atomic E-state index is 0.00220. The van der Waals surface area contributed by atoms with E-state index in [1.54, 1.807) is 0 Å². The molecule has 2 aromatic carbocycles. The molecule has 1 saturated heterocycles. The molecular formula is C21H19ClF2O5S. The Morgan fingerprint density at radius 2 is 1.63 bits per heavy atom. The quantitative estimate of drug-likeness (QED) is 0.677. The molecule has 0 bridgehead atoms. The van der Waals surface area contributed by atoms with Crippen molar-refractivity contribution in [3.63, 3.8) is 0 Å². The van der Waals surface area contributed by atoms with E-state index in [0.717, 1.165) is 12.1 Å². The lowest BCUT2D eigenvalue weighted by Gasteiger charge is -2.51. The average Bonchev–Trinajstić information content (AvgIpc) is 3.18.